The Morgan fingerprint density at radius 1 is 1.29 bits per heavy atom. The Kier molecular flexibility index (Phi) is 7.65. The molecular weight excluding hydrogens is 364 g/mol. The van der Waals surface area contributed by atoms with Crippen molar-refractivity contribution in [3.63, 3.8) is 0 Å². The van der Waals surface area contributed by atoms with Crippen LogP contribution < -0.4 is 5.32 Å². The highest BCUT2D eigenvalue weighted by molar-refractivity contribution is 5.70. The van der Waals surface area contributed by atoms with Crippen LogP contribution in [0.2, 0.25) is 0 Å². The van der Waals surface area contributed by atoms with Crippen molar-refractivity contribution in [3.05, 3.63) is 35.9 Å². The maximum absolute atomic E-state index is 12.6. The van der Waals surface area contributed by atoms with Crippen molar-refractivity contribution in [3.8, 4) is 0 Å². The van der Waals surface area contributed by atoms with E-state index in [9.17, 15) is 19.8 Å². The number of rotatable bonds is 5. The molecule has 3 N–H and O–H groups in total. The van der Waals surface area contributed by atoms with Crippen LogP contribution in [0.5, 0.6) is 0 Å². The molecule has 0 saturated carbocycles. The fraction of sp³-hybridized carbons (Fsp3) is 0.600. The van der Waals surface area contributed by atoms with Crippen LogP contribution in [0.15, 0.2) is 30.3 Å². The molecule has 2 amide bonds. The Morgan fingerprint density at radius 3 is 2.57 bits per heavy atom. The first-order valence-electron chi connectivity index (χ1n) is 9.45. The van der Waals surface area contributed by atoms with Gasteiger partial charge >= 0.3 is 12.2 Å². The molecule has 1 aromatic carbocycles. The molecule has 2 rings (SSSR count). The van der Waals surface area contributed by atoms with Gasteiger partial charge in [-0.1, -0.05) is 30.3 Å². The quantitative estimate of drug-likeness (QED) is 0.705. The van der Waals surface area contributed by atoms with Crippen LogP contribution in [0.25, 0.3) is 0 Å². The molecule has 1 aliphatic heterocycles. The number of likely N-dealkylation sites (tertiary alicyclic amines) is 1. The third-order valence-electron chi connectivity index (χ3n) is 4.42. The van der Waals surface area contributed by atoms with E-state index < -0.39 is 42.6 Å². The molecule has 1 aromatic rings. The van der Waals surface area contributed by atoms with Crippen LogP contribution in [-0.2, 0) is 16.1 Å². The van der Waals surface area contributed by atoms with Crippen molar-refractivity contribution < 1.29 is 29.3 Å². The third-order valence-corrected chi connectivity index (χ3v) is 4.42. The number of hydrogen-bond acceptors (Lipinski definition) is 6. The van der Waals surface area contributed by atoms with E-state index in [1.807, 2.05) is 30.3 Å². The van der Waals surface area contributed by atoms with Gasteiger partial charge in [-0.2, -0.15) is 0 Å². The molecule has 28 heavy (non-hydrogen) atoms. The van der Waals surface area contributed by atoms with E-state index in [-0.39, 0.29) is 19.6 Å². The number of amides is 2. The largest absolute Gasteiger partial charge is 0.445 e. The molecule has 0 aliphatic carbocycles. The Bertz CT molecular complexity index is 646. The SMILES string of the molecule is CC(C)(C)OC(=O)N[C@H](CO)[C@H]1CC(O)CCN1C(=O)OCc1ccccc1. The Balaban J connectivity index is 2.04. The van der Waals surface area contributed by atoms with Gasteiger partial charge in [-0.25, -0.2) is 9.59 Å². The van der Waals surface area contributed by atoms with E-state index in [4.69, 9.17) is 9.47 Å². The first-order chi connectivity index (χ1) is 13.2. The summed E-state index contributed by atoms with van der Waals surface area (Å²) in [5, 5.41) is 22.4. The average molecular weight is 394 g/mol. The fourth-order valence-electron chi connectivity index (χ4n) is 3.11. The number of nitrogens with zero attached hydrogens (tertiary/aromatic N) is 1. The van der Waals surface area contributed by atoms with Gasteiger partial charge in [-0.05, 0) is 39.2 Å². The normalized spacial score (nSPS) is 21.0. The first-order valence-corrected chi connectivity index (χ1v) is 9.45. The van der Waals surface area contributed by atoms with E-state index in [0.29, 0.717) is 6.42 Å². The van der Waals surface area contributed by atoms with Gasteiger partial charge in [-0.15, -0.1) is 0 Å². The molecule has 1 fully saturated rings. The molecule has 156 valence electrons. The number of benzene rings is 1. The summed E-state index contributed by atoms with van der Waals surface area (Å²) in [6.45, 7) is 5.19. The summed E-state index contributed by atoms with van der Waals surface area (Å²) < 4.78 is 10.6. The van der Waals surface area contributed by atoms with Gasteiger partial charge < -0.3 is 29.9 Å². The van der Waals surface area contributed by atoms with Gasteiger partial charge in [0.05, 0.1) is 24.8 Å². The number of alkyl carbamates (subject to hydrolysis) is 1. The third kappa shape index (κ3) is 6.69. The molecule has 0 bridgehead atoms. The van der Waals surface area contributed by atoms with Crippen molar-refractivity contribution in [2.45, 2.75) is 64.0 Å². The monoisotopic (exact) mass is 394 g/mol. The molecular formula is C20H30N2O6. The van der Waals surface area contributed by atoms with E-state index in [0.717, 1.165) is 5.56 Å². The van der Waals surface area contributed by atoms with Crippen molar-refractivity contribution >= 4 is 12.2 Å². The molecule has 1 saturated heterocycles. The Hall–Kier alpha value is -2.32. The number of aliphatic hydroxyl groups is 2. The van der Waals surface area contributed by atoms with E-state index in [1.165, 1.54) is 4.90 Å². The number of nitrogens with one attached hydrogen (secondary N) is 1. The zero-order valence-corrected chi connectivity index (χ0v) is 16.6. The predicted octanol–water partition coefficient (Wildman–Crippen LogP) is 2.03. The van der Waals surface area contributed by atoms with Crippen LogP contribution in [0.3, 0.4) is 0 Å². The summed E-state index contributed by atoms with van der Waals surface area (Å²) in [4.78, 5) is 26.2. The van der Waals surface area contributed by atoms with Gasteiger partial charge in [0.2, 0.25) is 0 Å². The number of ether oxygens (including phenoxy) is 2. The minimum Gasteiger partial charge on any atom is -0.445 e. The van der Waals surface area contributed by atoms with E-state index in [1.54, 1.807) is 20.8 Å². The molecule has 1 aliphatic rings. The number of piperidine rings is 1. The molecule has 0 aromatic heterocycles. The number of aliphatic hydroxyl groups excluding tert-OH is 2. The van der Waals surface area contributed by atoms with Crippen LogP contribution in [-0.4, -0.2) is 64.2 Å². The molecule has 3 atom stereocenters. The minimum absolute atomic E-state index is 0.120. The van der Waals surface area contributed by atoms with Crippen LogP contribution in [0.4, 0.5) is 9.59 Å². The van der Waals surface area contributed by atoms with Crippen LogP contribution in [0.1, 0.15) is 39.2 Å². The lowest BCUT2D eigenvalue weighted by molar-refractivity contribution is 0.00205. The zero-order valence-electron chi connectivity index (χ0n) is 16.6. The highest BCUT2D eigenvalue weighted by Gasteiger charge is 2.38. The van der Waals surface area contributed by atoms with Crippen molar-refractivity contribution in [1.82, 2.24) is 10.2 Å². The zero-order chi connectivity index (χ0) is 20.7. The van der Waals surface area contributed by atoms with Gasteiger partial charge in [0.1, 0.15) is 12.2 Å². The molecule has 8 heteroatoms. The number of carbonyl (C=O) groups excluding carboxylic acids is 2. The summed E-state index contributed by atoms with van der Waals surface area (Å²) in [7, 11) is 0. The summed E-state index contributed by atoms with van der Waals surface area (Å²) in [5.74, 6) is 0. The lowest BCUT2D eigenvalue weighted by atomic mass is 9.94. The lowest BCUT2D eigenvalue weighted by Gasteiger charge is -2.41. The molecule has 1 heterocycles. The number of hydrogen-bond donors (Lipinski definition) is 3. The van der Waals surface area contributed by atoms with Crippen LogP contribution in [0, 0.1) is 0 Å². The standard InChI is InChI=1S/C20H30N2O6/c1-20(2,3)28-18(25)21-16(12-23)17-11-15(24)9-10-22(17)19(26)27-13-14-7-5-4-6-8-14/h4-8,15-17,23-24H,9-13H2,1-3H3,(H,21,25)/t15?,16-,17-/m1/s1. The van der Waals surface area contributed by atoms with Crippen molar-refractivity contribution in [1.29, 1.82) is 0 Å². The maximum atomic E-state index is 12.6. The van der Waals surface area contributed by atoms with Gasteiger partial charge in [0.15, 0.2) is 0 Å². The molecule has 8 nitrogen and oxygen atoms in total. The smallest absolute Gasteiger partial charge is 0.410 e. The predicted molar refractivity (Wildman–Crippen MR) is 103 cm³/mol. The minimum atomic E-state index is -0.783. The van der Waals surface area contributed by atoms with Crippen molar-refractivity contribution in [2.75, 3.05) is 13.2 Å². The Labute approximate surface area is 165 Å². The lowest BCUT2D eigenvalue weighted by Crippen LogP contribution is -2.59. The second-order valence-electron chi connectivity index (χ2n) is 7.91. The molecule has 1 unspecified atom stereocenters. The summed E-state index contributed by atoms with van der Waals surface area (Å²) in [6, 6.07) is 7.91. The van der Waals surface area contributed by atoms with Crippen LogP contribution >= 0.6 is 0 Å². The van der Waals surface area contributed by atoms with E-state index in [2.05, 4.69) is 5.32 Å². The van der Waals surface area contributed by atoms with Gasteiger partial charge in [-0.3, -0.25) is 0 Å². The first kappa shape index (κ1) is 22.0. The average Bonchev–Trinajstić information content (AvgIpc) is 2.63. The molecule has 0 radical (unpaired) electrons. The number of carbonyl (C=O) groups is 2. The van der Waals surface area contributed by atoms with Crippen molar-refractivity contribution in [2.24, 2.45) is 0 Å². The maximum Gasteiger partial charge on any atom is 0.410 e. The molecule has 0 spiro atoms. The summed E-state index contributed by atoms with van der Waals surface area (Å²) >= 11 is 0. The van der Waals surface area contributed by atoms with Gasteiger partial charge in [0.25, 0.3) is 0 Å². The fourth-order valence-corrected chi connectivity index (χ4v) is 3.11. The highest BCUT2D eigenvalue weighted by atomic mass is 16.6. The highest BCUT2D eigenvalue weighted by Crippen LogP contribution is 2.22. The summed E-state index contributed by atoms with van der Waals surface area (Å²) in [5.41, 5.74) is 0.167. The van der Waals surface area contributed by atoms with Gasteiger partial charge in [0, 0.05) is 6.54 Å². The Morgan fingerprint density at radius 2 is 1.96 bits per heavy atom. The van der Waals surface area contributed by atoms with E-state index >= 15 is 0 Å². The topological polar surface area (TPSA) is 108 Å². The second kappa shape index (κ2) is 9.75. The summed E-state index contributed by atoms with van der Waals surface area (Å²) in [6.07, 6.45) is -1.24. The second-order valence-corrected chi connectivity index (χ2v) is 7.91.